The minimum atomic E-state index is -4.61. The van der Waals surface area contributed by atoms with Crippen LogP contribution in [0.4, 0.5) is 13.2 Å². The molecule has 0 saturated carbocycles. The number of halogens is 3. The Morgan fingerprint density at radius 2 is 2.13 bits per heavy atom. The highest BCUT2D eigenvalue weighted by Gasteiger charge is 2.56. The number of piperidine rings is 1. The number of carboxylic acids is 1. The van der Waals surface area contributed by atoms with Gasteiger partial charge in [0, 0.05) is 13.0 Å². The highest BCUT2D eigenvalue weighted by molar-refractivity contribution is 5.77. The van der Waals surface area contributed by atoms with E-state index in [1.165, 1.54) is 0 Å². The first kappa shape index (κ1) is 11.8. The molecular weight excluding hydrogens is 215 g/mol. The average molecular weight is 225 g/mol. The molecule has 0 aromatic heterocycles. The Labute approximate surface area is 83.5 Å². The molecule has 1 saturated heterocycles. The molecule has 1 rings (SSSR count). The Morgan fingerprint density at radius 1 is 1.53 bits per heavy atom. The van der Waals surface area contributed by atoms with Gasteiger partial charge < -0.3 is 10.4 Å². The summed E-state index contributed by atoms with van der Waals surface area (Å²) >= 11 is 0. The van der Waals surface area contributed by atoms with E-state index in [0.717, 1.165) is 0 Å². The van der Waals surface area contributed by atoms with Gasteiger partial charge in [-0.15, -0.1) is 0 Å². The van der Waals surface area contributed by atoms with Crippen LogP contribution in [0.1, 0.15) is 19.3 Å². The third-order valence-corrected chi connectivity index (χ3v) is 2.55. The van der Waals surface area contributed by atoms with Gasteiger partial charge in [-0.3, -0.25) is 9.59 Å². The minimum absolute atomic E-state index is 0.285. The normalized spacial score (nSPS) is 27.3. The minimum Gasteiger partial charge on any atom is -0.481 e. The molecule has 0 aromatic carbocycles. The summed E-state index contributed by atoms with van der Waals surface area (Å²) in [5.74, 6) is -1.98. The van der Waals surface area contributed by atoms with E-state index in [1.54, 1.807) is 0 Å². The Hall–Kier alpha value is -1.27. The fourth-order valence-corrected chi connectivity index (χ4v) is 1.58. The molecule has 0 aromatic rings. The molecule has 0 spiro atoms. The van der Waals surface area contributed by atoms with Gasteiger partial charge in [0.2, 0.25) is 5.91 Å². The second-order valence-electron chi connectivity index (χ2n) is 3.63. The van der Waals surface area contributed by atoms with Crippen LogP contribution in [0.15, 0.2) is 0 Å². The lowest BCUT2D eigenvalue weighted by Gasteiger charge is -2.37. The van der Waals surface area contributed by atoms with Gasteiger partial charge in [-0.2, -0.15) is 13.2 Å². The van der Waals surface area contributed by atoms with E-state index in [-0.39, 0.29) is 6.42 Å². The van der Waals surface area contributed by atoms with E-state index in [4.69, 9.17) is 5.11 Å². The van der Waals surface area contributed by atoms with E-state index in [1.807, 2.05) is 0 Å². The largest absolute Gasteiger partial charge is 0.481 e. The smallest absolute Gasteiger partial charge is 0.396 e. The van der Waals surface area contributed by atoms with Crippen LogP contribution in [0.3, 0.4) is 0 Å². The molecule has 1 unspecified atom stereocenters. The molecule has 4 nitrogen and oxygen atoms in total. The Balaban J connectivity index is 2.87. The fraction of sp³-hybridized carbons (Fsp3) is 0.750. The summed E-state index contributed by atoms with van der Waals surface area (Å²) < 4.78 is 38.0. The van der Waals surface area contributed by atoms with Gasteiger partial charge in [-0.05, 0) is 6.42 Å². The van der Waals surface area contributed by atoms with E-state index in [2.05, 4.69) is 5.32 Å². The number of carbonyl (C=O) groups excluding carboxylic acids is 1. The van der Waals surface area contributed by atoms with Crippen LogP contribution in [0.2, 0.25) is 0 Å². The summed E-state index contributed by atoms with van der Waals surface area (Å²) in [5, 5.41) is 10.5. The van der Waals surface area contributed by atoms with Crippen molar-refractivity contribution in [2.45, 2.75) is 25.4 Å². The molecule has 1 atom stereocenters. The topological polar surface area (TPSA) is 66.4 Å². The maximum Gasteiger partial charge on any atom is 0.396 e. The number of rotatable bonds is 2. The zero-order chi connectivity index (χ0) is 11.7. The van der Waals surface area contributed by atoms with Crippen molar-refractivity contribution in [2.24, 2.45) is 5.41 Å². The average Bonchev–Trinajstić information content (AvgIpc) is 2.06. The number of alkyl halides is 3. The van der Waals surface area contributed by atoms with Gasteiger partial charge in [0.1, 0.15) is 0 Å². The van der Waals surface area contributed by atoms with Crippen LogP contribution in [-0.2, 0) is 9.59 Å². The molecule has 15 heavy (non-hydrogen) atoms. The van der Waals surface area contributed by atoms with E-state index >= 15 is 0 Å². The summed E-state index contributed by atoms with van der Waals surface area (Å²) in [5.41, 5.74) is -2.31. The molecule has 86 valence electrons. The SMILES string of the molecule is O=C(O)CC1(C(F)(F)F)CCC(=O)NC1. The highest BCUT2D eigenvalue weighted by atomic mass is 19.4. The predicted molar refractivity (Wildman–Crippen MR) is 43.0 cm³/mol. The number of nitrogens with one attached hydrogen (secondary N) is 1. The lowest BCUT2D eigenvalue weighted by atomic mass is 9.77. The first-order valence-corrected chi connectivity index (χ1v) is 4.32. The van der Waals surface area contributed by atoms with Crippen LogP contribution >= 0.6 is 0 Å². The predicted octanol–water partition coefficient (Wildman–Crippen LogP) is 0.920. The maximum absolute atomic E-state index is 12.7. The molecule has 2 N–H and O–H groups in total. The second kappa shape index (κ2) is 3.71. The molecule has 1 aliphatic rings. The fourth-order valence-electron chi connectivity index (χ4n) is 1.58. The Kier molecular flexibility index (Phi) is 2.92. The Bertz CT molecular complexity index is 277. The summed E-state index contributed by atoms with van der Waals surface area (Å²) in [6.07, 6.45) is -6.36. The molecule has 1 aliphatic heterocycles. The molecule has 0 radical (unpaired) electrons. The van der Waals surface area contributed by atoms with Crippen molar-refractivity contribution in [3.8, 4) is 0 Å². The van der Waals surface area contributed by atoms with E-state index in [9.17, 15) is 22.8 Å². The molecule has 0 aliphatic carbocycles. The standard InChI is InChI=1S/C8H10F3NO3/c9-8(10,11)7(3-6(14)15)2-1-5(13)12-4-7/h1-4H2,(H,12,13)(H,14,15). The number of carbonyl (C=O) groups is 2. The monoisotopic (exact) mass is 225 g/mol. The van der Waals surface area contributed by atoms with E-state index < -0.39 is 42.9 Å². The van der Waals surface area contributed by atoms with Gasteiger partial charge in [0.05, 0.1) is 11.8 Å². The zero-order valence-electron chi connectivity index (χ0n) is 7.73. The number of aliphatic carboxylic acids is 1. The highest BCUT2D eigenvalue weighted by Crippen LogP contribution is 2.45. The third kappa shape index (κ3) is 2.40. The van der Waals surface area contributed by atoms with Gasteiger partial charge in [0.25, 0.3) is 0 Å². The van der Waals surface area contributed by atoms with Gasteiger partial charge in [-0.1, -0.05) is 0 Å². The van der Waals surface area contributed by atoms with Crippen molar-refractivity contribution in [1.29, 1.82) is 0 Å². The molecule has 1 fully saturated rings. The van der Waals surface area contributed by atoms with Crippen molar-refractivity contribution in [1.82, 2.24) is 5.32 Å². The number of hydrogen-bond donors (Lipinski definition) is 2. The van der Waals surface area contributed by atoms with E-state index in [0.29, 0.717) is 0 Å². The van der Waals surface area contributed by atoms with Crippen LogP contribution < -0.4 is 5.32 Å². The summed E-state index contributed by atoms with van der Waals surface area (Å²) in [6.45, 7) is -0.651. The third-order valence-electron chi connectivity index (χ3n) is 2.55. The second-order valence-corrected chi connectivity index (χ2v) is 3.63. The lowest BCUT2D eigenvalue weighted by molar-refractivity contribution is -0.233. The van der Waals surface area contributed by atoms with Crippen LogP contribution in [-0.4, -0.2) is 29.7 Å². The van der Waals surface area contributed by atoms with Crippen molar-refractivity contribution < 1.29 is 27.9 Å². The quantitative estimate of drug-likeness (QED) is 0.734. The van der Waals surface area contributed by atoms with Crippen molar-refractivity contribution in [2.75, 3.05) is 6.54 Å². The number of amides is 1. The van der Waals surface area contributed by atoms with Crippen LogP contribution in [0.25, 0.3) is 0 Å². The summed E-state index contributed by atoms with van der Waals surface area (Å²) in [6, 6.07) is 0. The first-order valence-electron chi connectivity index (χ1n) is 4.32. The number of carboxylic acid groups (broad SMARTS) is 1. The van der Waals surface area contributed by atoms with Crippen LogP contribution in [0.5, 0.6) is 0 Å². The van der Waals surface area contributed by atoms with Crippen molar-refractivity contribution in [3.63, 3.8) is 0 Å². The van der Waals surface area contributed by atoms with Crippen molar-refractivity contribution in [3.05, 3.63) is 0 Å². The molecular formula is C8H10F3NO3. The van der Waals surface area contributed by atoms with Gasteiger partial charge >= 0.3 is 12.1 Å². The van der Waals surface area contributed by atoms with Crippen molar-refractivity contribution >= 4 is 11.9 Å². The summed E-state index contributed by atoms with van der Waals surface area (Å²) in [7, 11) is 0. The number of hydrogen-bond acceptors (Lipinski definition) is 2. The summed E-state index contributed by atoms with van der Waals surface area (Å²) in [4.78, 5) is 21.1. The van der Waals surface area contributed by atoms with Gasteiger partial charge in [0.15, 0.2) is 0 Å². The van der Waals surface area contributed by atoms with Crippen LogP contribution in [0, 0.1) is 5.41 Å². The first-order chi connectivity index (χ1) is 6.77. The Morgan fingerprint density at radius 3 is 2.47 bits per heavy atom. The zero-order valence-corrected chi connectivity index (χ0v) is 7.73. The molecule has 1 amide bonds. The molecule has 0 bridgehead atoms. The molecule has 7 heteroatoms. The maximum atomic E-state index is 12.7. The van der Waals surface area contributed by atoms with Gasteiger partial charge in [-0.25, -0.2) is 0 Å². The molecule has 1 heterocycles. The lowest BCUT2D eigenvalue weighted by Crippen LogP contribution is -2.52.